The number of piperidine rings is 1. The van der Waals surface area contributed by atoms with E-state index in [4.69, 9.17) is 14.3 Å². The molecule has 0 spiro atoms. The van der Waals surface area contributed by atoms with Crippen molar-refractivity contribution >= 4 is 23.2 Å². The predicted molar refractivity (Wildman–Crippen MR) is 168 cm³/mol. The van der Waals surface area contributed by atoms with Gasteiger partial charge in [0.05, 0.1) is 25.0 Å². The number of nitrogens with zero attached hydrogens (tertiary/aromatic N) is 4. The van der Waals surface area contributed by atoms with Gasteiger partial charge in [-0.05, 0) is 81.6 Å². The molecule has 2 heterocycles. The Labute approximate surface area is 257 Å². The summed E-state index contributed by atoms with van der Waals surface area (Å²) in [5.41, 5.74) is 2.97. The van der Waals surface area contributed by atoms with Crippen molar-refractivity contribution in [2.24, 2.45) is 0 Å². The Balaban J connectivity index is 1.25. The van der Waals surface area contributed by atoms with Crippen molar-refractivity contribution in [3.05, 3.63) is 95.6 Å². The van der Waals surface area contributed by atoms with Crippen LogP contribution in [0.1, 0.15) is 47.2 Å². The minimum atomic E-state index is -0.475. The molecule has 1 N–H and O–H groups in total. The van der Waals surface area contributed by atoms with Gasteiger partial charge in [-0.3, -0.25) is 4.79 Å². The van der Waals surface area contributed by atoms with Crippen LogP contribution < -0.4 is 24.7 Å². The minimum absolute atomic E-state index is 0.201. The topological polar surface area (TPSA) is 89.0 Å². The van der Waals surface area contributed by atoms with E-state index in [0.29, 0.717) is 29.5 Å². The Hall–Kier alpha value is -4.70. The summed E-state index contributed by atoms with van der Waals surface area (Å²) < 4.78 is 25.9. The number of halogens is 1. The molecular weight excluding hydrogens is 561 g/mol. The SMILES string of the molecule is COc1ccccc1ON(C(=O)c1cnc(Nc2ccc(OCCCN3CCCCC3)c(F)c2)nc1)c1c(C)cccc1C. The third-order valence-electron chi connectivity index (χ3n) is 7.50. The number of aromatic nitrogens is 2. The zero-order valence-corrected chi connectivity index (χ0v) is 25.4. The molecule has 1 amide bonds. The van der Waals surface area contributed by atoms with E-state index < -0.39 is 11.7 Å². The van der Waals surface area contributed by atoms with Crippen LogP contribution in [0, 0.1) is 19.7 Å². The molecule has 1 aliphatic heterocycles. The Kier molecular flexibility index (Phi) is 10.2. The van der Waals surface area contributed by atoms with Crippen LogP contribution in [0.25, 0.3) is 0 Å². The lowest BCUT2D eigenvalue weighted by molar-refractivity contribution is 0.0875. The molecule has 0 aliphatic carbocycles. The number of anilines is 3. The van der Waals surface area contributed by atoms with Crippen molar-refractivity contribution in [3.8, 4) is 17.2 Å². The summed E-state index contributed by atoms with van der Waals surface area (Å²) in [5.74, 6) is 0.332. The molecule has 0 radical (unpaired) electrons. The van der Waals surface area contributed by atoms with Crippen LogP contribution in [0.5, 0.6) is 17.2 Å². The zero-order valence-electron chi connectivity index (χ0n) is 25.4. The largest absolute Gasteiger partial charge is 0.493 e. The second-order valence-electron chi connectivity index (χ2n) is 10.8. The summed E-state index contributed by atoms with van der Waals surface area (Å²) >= 11 is 0. The van der Waals surface area contributed by atoms with E-state index in [2.05, 4.69) is 20.2 Å². The lowest BCUT2D eigenvalue weighted by Crippen LogP contribution is -2.35. The third kappa shape index (κ3) is 7.62. The van der Waals surface area contributed by atoms with Crippen LogP contribution in [0.15, 0.2) is 73.1 Å². The molecule has 1 aromatic heterocycles. The lowest BCUT2D eigenvalue weighted by atomic mass is 10.1. The van der Waals surface area contributed by atoms with Crippen LogP contribution in [0.3, 0.4) is 0 Å². The molecule has 5 rings (SSSR count). The van der Waals surface area contributed by atoms with E-state index >= 15 is 0 Å². The van der Waals surface area contributed by atoms with Gasteiger partial charge in [0.25, 0.3) is 5.91 Å². The second-order valence-corrected chi connectivity index (χ2v) is 10.8. The number of methoxy groups -OCH3 is 1. The van der Waals surface area contributed by atoms with Gasteiger partial charge in [0.1, 0.15) is 0 Å². The number of nitrogens with one attached hydrogen (secondary N) is 1. The molecule has 3 aromatic carbocycles. The molecule has 1 aliphatic rings. The number of hydroxylamine groups is 1. The van der Waals surface area contributed by atoms with Gasteiger partial charge in [0, 0.05) is 30.7 Å². The van der Waals surface area contributed by atoms with Crippen LogP contribution in [0.4, 0.5) is 21.7 Å². The Morgan fingerprint density at radius 2 is 1.64 bits per heavy atom. The summed E-state index contributed by atoms with van der Waals surface area (Å²) in [5, 5.41) is 4.22. The fourth-order valence-corrected chi connectivity index (χ4v) is 5.21. The van der Waals surface area contributed by atoms with Gasteiger partial charge in [-0.25, -0.2) is 14.4 Å². The second kappa shape index (κ2) is 14.7. The number of para-hydroxylation sites is 3. The molecule has 0 bridgehead atoms. The van der Waals surface area contributed by atoms with Crippen LogP contribution in [-0.2, 0) is 0 Å². The molecule has 1 fully saturated rings. The number of rotatable bonds is 12. The summed E-state index contributed by atoms with van der Waals surface area (Å²) in [6.45, 7) is 7.50. The number of ether oxygens (including phenoxy) is 2. The van der Waals surface area contributed by atoms with Crippen LogP contribution in [0.2, 0.25) is 0 Å². The average molecular weight is 600 g/mol. The fraction of sp³-hybridized carbons (Fsp3) is 0.324. The van der Waals surface area contributed by atoms with Crippen molar-refractivity contribution in [2.45, 2.75) is 39.5 Å². The number of amides is 1. The molecule has 9 nitrogen and oxygen atoms in total. The summed E-state index contributed by atoms with van der Waals surface area (Å²) in [7, 11) is 1.54. The van der Waals surface area contributed by atoms with E-state index in [9.17, 15) is 9.18 Å². The van der Waals surface area contributed by atoms with E-state index in [-0.39, 0.29) is 17.3 Å². The highest BCUT2D eigenvalue weighted by Crippen LogP contribution is 2.32. The molecule has 10 heteroatoms. The van der Waals surface area contributed by atoms with Crippen molar-refractivity contribution < 1.29 is 23.5 Å². The monoisotopic (exact) mass is 599 g/mol. The summed E-state index contributed by atoms with van der Waals surface area (Å²) in [6.07, 6.45) is 7.45. The maximum atomic E-state index is 14.8. The molecule has 44 heavy (non-hydrogen) atoms. The number of aryl methyl sites for hydroxylation is 2. The highest BCUT2D eigenvalue weighted by molar-refractivity contribution is 6.05. The molecule has 0 saturated carbocycles. The van der Waals surface area contributed by atoms with Gasteiger partial charge < -0.3 is 24.5 Å². The van der Waals surface area contributed by atoms with Crippen molar-refractivity contribution in [1.29, 1.82) is 0 Å². The number of carbonyl (C=O) groups is 1. The first-order valence-electron chi connectivity index (χ1n) is 14.9. The molecule has 4 aromatic rings. The minimum Gasteiger partial charge on any atom is -0.493 e. The van der Waals surface area contributed by atoms with Crippen LogP contribution in [-0.4, -0.2) is 54.1 Å². The van der Waals surface area contributed by atoms with Crippen molar-refractivity contribution in [1.82, 2.24) is 14.9 Å². The van der Waals surface area contributed by atoms with Gasteiger partial charge in [0.2, 0.25) is 5.95 Å². The van der Waals surface area contributed by atoms with Gasteiger partial charge in [-0.1, -0.05) is 36.8 Å². The number of carbonyl (C=O) groups excluding carboxylic acids is 1. The number of likely N-dealkylation sites (tertiary alicyclic amines) is 1. The first kappa shape index (κ1) is 30.7. The number of benzene rings is 3. The average Bonchev–Trinajstić information content (AvgIpc) is 3.04. The predicted octanol–water partition coefficient (Wildman–Crippen LogP) is 6.88. The summed E-state index contributed by atoms with van der Waals surface area (Å²) in [6, 6.07) is 17.5. The number of hydrogen-bond donors (Lipinski definition) is 1. The van der Waals surface area contributed by atoms with Crippen molar-refractivity contribution in [3.63, 3.8) is 0 Å². The van der Waals surface area contributed by atoms with Gasteiger partial charge in [0.15, 0.2) is 23.1 Å². The lowest BCUT2D eigenvalue weighted by Gasteiger charge is -2.26. The zero-order chi connectivity index (χ0) is 30.9. The smallest absolute Gasteiger partial charge is 0.294 e. The first-order chi connectivity index (χ1) is 21.4. The number of hydrogen-bond acceptors (Lipinski definition) is 8. The molecule has 0 unspecified atom stereocenters. The van der Waals surface area contributed by atoms with Gasteiger partial charge in [-0.15, -0.1) is 5.06 Å². The normalized spacial score (nSPS) is 13.3. The van der Waals surface area contributed by atoms with E-state index in [1.54, 1.807) is 30.3 Å². The third-order valence-corrected chi connectivity index (χ3v) is 7.50. The first-order valence-corrected chi connectivity index (χ1v) is 14.9. The molecular formula is C34H38FN5O4. The highest BCUT2D eigenvalue weighted by Gasteiger charge is 2.25. The Morgan fingerprint density at radius 1 is 0.932 bits per heavy atom. The van der Waals surface area contributed by atoms with Gasteiger partial charge in [-0.2, -0.15) is 0 Å². The maximum absolute atomic E-state index is 14.8. The molecule has 1 saturated heterocycles. The molecule has 0 atom stereocenters. The highest BCUT2D eigenvalue weighted by atomic mass is 19.1. The Bertz CT molecular complexity index is 1540. The standard InChI is InChI=1S/C34H38FN5O4/c1-24-11-9-12-25(2)32(24)40(44-31-14-6-5-13-30(31)42-3)33(41)26-22-36-34(37-23-26)38-27-15-16-29(28(35)21-27)43-20-10-19-39-17-7-4-8-18-39/h5-6,9,11-16,21-23H,4,7-8,10,17-20H2,1-3H3,(H,36,37,38). The van der Waals surface area contributed by atoms with Crippen molar-refractivity contribution in [2.75, 3.05) is 43.7 Å². The van der Waals surface area contributed by atoms with E-state index in [1.807, 2.05) is 38.1 Å². The summed E-state index contributed by atoms with van der Waals surface area (Å²) in [4.78, 5) is 31.0. The Morgan fingerprint density at radius 3 is 2.32 bits per heavy atom. The van der Waals surface area contributed by atoms with E-state index in [0.717, 1.165) is 37.2 Å². The fourth-order valence-electron chi connectivity index (χ4n) is 5.21. The van der Waals surface area contributed by atoms with E-state index in [1.165, 1.54) is 49.9 Å². The quantitative estimate of drug-likeness (QED) is 0.139. The van der Waals surface area contributed by atoms with Crippen LogP contribution >= 0.6 is 0 Å². The molecule has 230 valence electrons. The maximum Gasteiger partial charge on any atom is 0.294 e. The van der Waals surface area contributed by atoms with Gasteiger partial charge >= 0.3 is 0 Å².